The van der Waals surface area contributed by atoms with Crippen LogP contribution in [0, 0.1) is 10.3 Å². The summed E-state index contributed by atoms with van der Waals surface area (Å²) >= 11 is 0. The largest absolute Gasteiger partial charge is 0.284 e. The predicted octanol–water partition coefficient (Wildman–Crippen LogP) is 3.18. The van der Waals surface area contributed by atoms with Crippen molar-refractivity contribution < 1.29 is 5.21 Å². The quantitative estimate of drug-likeness (QED) is 0.709. The molecule has 4 heteroatoms. The molecule has 0 aromatic carbocycles. The van der Waals surface area contributed by atoms with Crippen LogP contribution in [0.3, 0.4) is 0 Å². The van der Waals surface area contributed by atoms with Crippen LogP contribution >= 0.6 is 0 Å². The van der Waals surface area contributed by atoms with Gasteiger partial charge in [0, 0.05) is 5.70 Å². The molecule has 0 amide bonds. The van der Waals surface area contributed by atoms with Gasteiger partial charge in [-0.2, -0.15) is 0 Å². The Morgan fingerprint density at radius 2 is 2.13 bits per heavy atom. The average Bonchev–Trinajstić information content (AvgIpc) is 2.08. The van der Waals surface area contributed by atoms with Crippen molar-refractivity contribution in [3.8, 4) is 0 Å². The summed E-state index contributed by atoms with van der Waals surface area (Å²) in [5.41, 5.74) is 1.48. The third-order valence-electron chi connectivity index (χ3n) is 2.02. The molecule has 0 fully saturated rings. The lowest BCUT2D eigenvalue weighted by Gasteiger charge is -2.27. The molecule has 4 nitrogen and oxygen atoms in total. The van der Waals surface area contributed by atoms with E-state index >= 15 is 0 Å². The Bertz CT molecular complexity index is 348. The van der Waals surface area contributed by atoms with E-state index in [-0.39, 0.29) is 11.1 Å². The van der Waals surface area contributed by atoms with Crippen molar-refractivity contribution in [2.24, 2.45) is 10.6 Å². The summed E-state index contributed by atoms with van der Waals surface area (Å²) < 4.78 is 0. The van der Waals surface area contributed by atoms with E-state index in [2.05, 4.69) is 32.5 Å². The Labute approximate surface area is 89.5 Å². The molecule has 15 heavy (non-hydrogen) atoms. The topological polar surface area (TPSA) is 52.9 Å². The minimum atomic E-state index is 0.0625. The zero-order valence-electron chi connectivity index (χ0n) is 9.32. The van der Waals surface area contributed by atoms with Crippen molar-refractivity contribution in [2.45, 2.75) is 27.2 Å². The second-order valence-electron chi connectivity index (χ2n) is 4.85. The average molecular weight is 208 g/mol. The Morgan fingerprint density at radius 1 is 1.53 bits per heavy atom. The number of hydroxylamine groups is 2. The van der Waals surface area contributed by atoms with E-state index in [4.69, 9.17) is 0 Å². The maximum Gasteiger partial charge on any atom is 0.133 e. The van der Waals surface area contributed by atoms with E-state index in [0.717, 1.165) is 10.8 Å². The molecule has 1 rings (SSSR count). The number of hydrogen-bond donors (Lipinski definition) is 1. The monoisotopic (exact) mass is 208 g/mol. The molecule has 0 unspecified atom stereocenters. The zero-order chi connectivity index (χ0) is 11.6. The normalized spacial score (nSPS) is 17.3. The van der Waals surface area contributed by atoms with Crippen molar-refractivity contribution in [3.63, 3.8) is 0 Å². The first kappa shape index (κ1) is 11.7. The number of nitrogens with zero attached hydrogens (tertiary/aromatic N) is 2. The van der Waals surface area contributed by atoms with Crippen LogP contribution in [0.5, 0.6) is 0 Å². The van der Waals surface area contributed by atoms with Gasteiger partial charge in [0.05, 0.1) is 6.20 Å². The molecule has 0 atom stereocenters. The molecule has 1 aliphatic heterocycles. The van der Waals surface area contributed by atoms with Gasteiger partial charge < -0.3 is 0 Å². The first-order valence-corrected chi connectivity index (χ1v) is 4.76. The second-order valence-corrected chi connectivity index (χ2v) is 4.85. The fourth-order valence-electron chi connectivity index (χ4n) is 1.38. The predicted molar refractivity (Wildman–Crippen MR) is 58.8 cm³/mol. The smallest absolute Gasteiger partial charge is 0.133 e. The van der Waals surface area contributed by atoms with E-state index < -0.39 is 0 Å². The molecule has 1 N–H and O–H groups in total. The van der Waals surface area contributed by atoms with Crippen LogP contribution in [-0.2, 0) is 0 Å². The van der Waals surface area contributed by atoms with Crippen molar-refractivity contribution >= 4 is 0 Å². The Balaban J connectivity index is 2.87. The Kier molecular flexibility index (Phi) is 3.09. The van der Waals surface area contributed by atoms with Gasteiger partial charge in [0.1, 0.15) is 5.70 Å². The molecule has 82 valence electrons. The second kappa shape index (κ2) is 3.98. The first-order chi connectivity index (χ1) is 6.83. The first-order valence-electron chi connectivity index (χ1n) is 4.76. The van der Waals surface area contributed by atoms with E-state index in [1.807, 2.05) is 0 Å². The highest BCUT2D eigenvalue weighted by Gasteiger charge is 2.20. The van der Waals surface area contributed by atoms with Gasteiger partial charge in [0.25, 0.3) is 0 Å². The van der Waals surface area contributed by atoms with E-state index in [9.17, 15) is 10.1 Å². The van der Waals surface area contributed by atoms with Crippen LogP contribution in [0.2, 0.25) is 0 Å². The number of allylic oxidation sites excluding steroid dienone is 2. The fraction of sp³-hybridized carbons (Fsp3) is 0.455. The Hall–Kier alpha value is -1.42. The highest BCUT2D eigenvalue weighted by molar-refractivity contribution is 5.41. The molecule has 0 aromatic rings. The van der Waals surface area contributed by atoms with Gasteiger partial charge in [0.2, 0.25) is 0 Å². The van der Waals surface area contributed by atoms with Crippen LogP contribution in [0.25, 0.3) is 0 Å². The summed E-state index contributed by atoms with van der Waals surface area (Å²) in [6.45, 7) is 9.92. The van der Waals surface area contributed by atoms with Crippen molar-refractivity contribution in [2.75, 3.05) is 0 Å². The SMILES string of the molecule is C=C1C=C(CC(C)(C)C)N(O)C=C1N=O. The maximum absolute atomic E-state index is 10.4. The summed E-state index contributed by atoms with van der Waals surface area (Å²) in [5, 5.41) is 13.3. The fourth-order valence-corrected chi connectivity index (χ4v) is 1.38. The summed E-state index contributed by atoms with van der Waals surface area (Å²) in [4.78, 5) is 10.4. The summed E-state index contributed by atoms with van der Waals surface area (Å²) in [6.07, 6.45) is 3.67. The van der Waals surface area contributed by atoms with Crippen LogP contribution in [0.1, 0.15) is 27.2 Å². The molecule has 1 aliphatic rings. The van der Waals surface area contributed by atoms with Crippen molar-refractivity contribution in [1.29, 1.82) is 0 Å². The molecular formula is C11H16N2O2. The number of nitroso groups, excluding NO2 is 1. The van der Waals surface area contributed by atoms with Crippen LogP contribution < -0.4 is 0 Å². The minimum absolute atomic E-state index is 0.0625. The number of rotatable bonds is 2. The lowest BCUT2D eigenvalue weighted by Crippen LogP contribution is -2.20. The maximum atomic E-state index is 10.4. The standard InChI is InChI=1S/C11H16N2O2/c1-8-5-9(6-11(2,3)4)13(15)7-10(8)12-14/h5,7,15H,1,6H2,2-4H3. The summed E-state index contributed by atoms with van der Waals surface area (Å²) in [6, 6.07) is 0. The highest BCUT2D eigenvalue weighted by Crippen LogP contribution is 2.30. The molecule has 1 heterocycles. The molecule has 0 aliphatic carbocycles. The van der Waals surface area contributed by atoms with Crippen LogP contribution in [-0.4, -0.2) is 10.3 Å². The van der Waals surface area contributed by atoms with Gasteiger partial charge in [-0.15, -0.1) is 4.91 Å². The van der Waals surface area contributed by atoms with Crippen LogP contribution in [0.4, 0.5) is 0 Å². The molecule has 0 bridgehead atoms. The molecule has 0 saturated heterocycles. The molecule has 0 saturated carbocycles. The molecule has 0 radical (unpaired) electrons. The van der Waals surface area contributed by atoms with Gasteiger partial charge in [-0.1, -0.05) is 27.4 Å². The number of hydrogen-bond acceptors (Lipinski definition) is 4. The third kappa shape index (κ3) is 3.02. The van der Waals surface area contributed by atoms with E-state index in [1.54, 1.807) is 6.08 Å². The van der Waals surface area contributed by atoms with Gasteiger partial charge in [0.15, 0.2) is 0 Å². The summed E-state index contributed by atoms with van der Waals surface area (Å²) in [5.74, 6) is 0. The minimum Gasteiger partial charge on any atom is -0.284 e. The molecular weight excluding hydrogens is 192 g/mol. The Morgan fingerprint density at radius 3 is 2.60 bits per heavy atom. The molecule has 0 spiro atoms. The summed E-state index contributed by atoms with van der Waals surface area (Å²) in [7, 11) is 0. The zero-order valence-corrected chi connectivity index (χ0v) is 9.32. The van der Waals surface area contributed by atoms with Gasteiger partial charge in [-0.05, 0) is 28.7 Å². The van der Waals surface area contributed by atoms with Gasteiger partial charge >= 0.3 is 0 Å². The third-order valence-corrected chi connectivity index (χ3v) is 2.02. The highest BCUT2D eigenvalue weighted by atomic mass is 16.5. The van der Waals surface area contributed by atoms with Crippen molar-refractivity contribution in [3.05, 3.63) is 40.7 Å². The van der Waals surface area contributed by atoms with Gasteiger partial charge in [-0.3, -0.25) is 5.21 Å². The van der Waals surface area contributed by atoms with E-state index in [1.165, 1.54) is 6.20 Å². The van der Waals surface area contributed by atoms with Crippen LogP contribution in [0.15, 0.2) is 41.0 Å². The lowest BCUT2D eigenvalue weighted by molar-refractivity contribution is -0.0139. The van der Waals surface area contributed by atoms with Gasteiger partial charge in [-0.25, -0.2) is 5.06 Å². The molecule has 0 aromatic heterocycles. The van der Waals surface area contributed by atoms with E-state index in [0.29, 0.717) is 12.0 Å². The lowest BCUT2D eigenvalue weighted by atomic mass is 9.89. The van der Waals surface area contributed by atoms with Crippen molar-refractivity contribution in [1.82, 2.24) is 5.06 Å².